The first kappa shape index (κ1) is 14.3. The van der Waals surface area contributed by atoms with E-state index in [1.54, 1.807) is 0 Å². The fraction of sp³-hybridized carbons (Fsp3) is 0.688. The third-order valence-corrected chi connectivity index (χ3v) is 4.47. The predicted octanol–water partition coefficient (Wildman–Crippen LogP) is 3.54. The average Bonchev–Trinajstić information content (AvgIpc) is 2.46. The number of rotatable bonds is 4. The lowest BCUT2D eigenvalue weighted by Gasteiger charge is -2.37. The largest absolute Gasteiger partial charge is 0.387 e. The average molecular weight is 262 g/mol. The van der Waals surface area contributed by atoms with Crippen molar-refractivity contribution in [2.24, 2.45) is 5.92 Å². The molecule has 1 N–H and O–H groups in total. The third-order valence-electron chi connectivity index (χ3n) is 4.47. The summed E-state index contributed by atoms with van der Waals surface area (Å²) in [5.74, 6) is 0.750. The lowest BCUT2D eigenvalue weighted by molar-refractivity contribution is 0.169. The van der Waals surface area contributed by atoms with Gasteiger partial charge in [-0.15, -0.1) is 0 Å². The zero-order valence-electron chi connectivity index (χ0n) is 12.3. The molecule has 1 saturated carbocycles. The summed E-state index contributed by atoms with van der Waals surface area (Å²) in [7, 11) is 2.17. The fourth-order valence-electron chi connectivity index (χ4n) is 3.08. The van der Waals surface area contributed by atoms with E-state index >= 15 is 0 Å². The molecule has 2 rings (SSSR count). The van der Waals surface area contributed by atoms with Gasteiger partial charge in [-0.25, -0.2) is 0 Å². The molecule has 106 valence electrons. The van der Waals surface area contributed by atoms with Crippen molar-refractivity contribution in [2.45, 2.75) is 58.1 Å². The van der Waals surface area contributed by atoms with Crippen LogP contribution in [0.2, 0.25) is 0 Å². The van der Waals surface area contributed by atoms with Crippen molar-refractivity contribution in [1.82, 2.24) is 4.98 Å². The number of nitrogens with zero attached hydrogens (tertiary/aromatic N) is 2. The molecule has 0 aromatic carbocycles. The molecule has 0 bridgehead atoms. The highest BCUT2D eigenvalue weighted by molar-refractivity contribution is 5.45. The van der Waals surface area contributed by atoms with Crippen LogP contribution in [0.25, 0.3) is 0 Å². The highest BCUT2D eigenvalue weighted by Crippen LogP contribution is 2.30. The van der Waals surface area contributed by atoms with Crippen LogP contribution in [0.1, 0.15) is 57.7 Å². The maximum atomic E-state index is 9.77. The van der Waals surface area contributed by atoms with E-state index in [0.29, 0.717) is 12.5 Å². The summed E-state index contributed by atoms with van der Waals surface area (Å²) in [6.45, 7) is 4.32. The number of aliphatic hydroxyl groups excluding tert-OH is 1. The van der Waals surface area contributed by atoms with Gasteiger partial charge >= 0.3 is 0 Å². The Balaban J connectivity index is 2.08. The van der Waals surface area contributed by atoms with Crippen LogP contribution in [0, 0.1) is 5.92 Å². The van der Waals surface area contributed by atoms with Gasteiger partial charge in [0.05, 0.1) is 23.7 Å². The van der Waals surface area contributed by atoms with Crippen molar-refractivity contribution in [3.8, 4) is 0 Å². The molecule has 1 aromatic rings. The number of aromatic nitrogens is 1. The molecule has 0 saturated heterocycles. The van der Waals surface area contributed by atoms with Crippen LogP contribution in [0.5, 0.6) is 0 Å². The van der Waals surface area contributed by atoms with E-state index in [1.165, 1.54) is 25.7 Å². The van der Waals surface area contributed by atoms with Crippen molar-refractivity contribution >= 4 is 5.69 Å². The Hall–Kier alpha value is -1.09. The molecule has 3 atom stereocenters. The van der Waals surface area contributed by atoms with E-state index in [2.05, 4.69) is 29.9 Å². The molecule has 0 radical (unpaired) electrons. The van der Waals surface area contributed by atoms with E-state index in [1.807, 2.05) is 19.2 Å². The maximum Gasteiger partial charge on any atom is 0.0957 e. The van der Waals surface area contributed by atoms with E-state index in [0.717, 1.165) is 17.3 Å². The van der Waals surface area contributed by atoms with Crippen LogP contribution >= 0.6 is 0 Å². The van der Waals surface area contributed by atoms with E-state index in [4.69, 9.17) is 0 Å². The highest BCUT2D eigenvalue weighted by atomic mass is 16.3. The number of aliphatic hydroxyl groups is 1. The minimum atomic E-state index is -0.437. The molecule has 19 heavy (non-hydrogen) atoms. The fourth-order valence-corrected chi connectivity index (χ4v) is 3.08. The van der Waals surface area contributed by atoms with Gasteiger partial charge in [-0.05, 0) is 37.3 Å². The Morgan fingerprint density at radius 1 is 1.37 bits per heavy atom. The van der Waals surface area contributed by atoms with Crippen molar-refractivity contribution in [2.75, 3.05) is 11.9 Å². The van der Waals surface area contributed by atoms with Crippen molar-refractivity contribution in [3.05, 3.63) is 24.0 Å². The first-order valence-corrected chi connectivity index (χ1v) is 7.50. The second-order valence-corrected chi connectivity index (χ2v) is 5.81. The van der Waals surface area contributed by atoms with Crippen LogP contribution in [-0.4, -0.2) is 23.2 Å². The predicted molar refractivity (Wildman–Crippen MR) is 79.3 cm³/mol. The topological polar surface area (TPSA) is 36.4 Å². The molecule has 0 spiro atoms. The summed E-state index contributed by atoms with van der Waals surface area (Å²) in [5.41, 5.74) is 1.93. The number of hydrogen-bond acceptors (Lipinski definition) is 3. The first-order chi connectivity index (χ1) is 9.13. The van der Waals surface area contributed by atoms with Crippen LogP contribution in [0.4, 0.5) is 5.69 Å². The Morgan fingerprint density at radius 3 is 2.68 bits per heavy atom. The SMILES string of the molecule is CC[C@@H](O)c1ccc(N(C)C2CCCCC2C)cn1. The van der Waals surface area contributed by atoms with E-state index < -0.39 is 6.10 Å². The molecule has 1 heterocycles. The van der Waals surface area contributed by atoms with Crippen LogP contribution < -0.4 is 4.90 Å². The quantitative estimate of drug-likeness (QED) is 0.901. The molecule has 0 amide bonds. The number of anilines is 1. The van der Waals surface area contributed by atoms with Gasteiger partial charge in [0, 0.05) is 13.1 Å². The molecule has 1 aliphatic carbocycles. The smallest absolute Gasteiger partial charge is 0.0957 e. The van der Waals surface area contributed by atoms with Gasteiger partial charge < -0.3 is 10.0 Å². The number of hydrogen-bond donors (Lipinski definition) is 1. The molecule has 1 aromatic heterocycles. The summed E-state index contributed by atoms with van der Waals surface area (Å²) in [4.78, 5) is 6.76. The normalized spacial score (nSPS) is 25.1. The standard InChI is InChI=1S/C16H26N2O/c1-4-16(19)14-10-9-13(11-17-14)18(3)15-8-6-5-7-12(15)2/h9-12,15-16,19H,4-8H2,1-3H3/t12?,15?,16-/m1/s1. The summed E-state index contributed by atoms with van der Waals surface area (Å²) in [5, 5.41) is 9.77. The Morgan fingerprint density at radius 2 is 2.11 bits per heavy atom. The molecular formula is C16H26N2O. The number of pyridine rings is 1. The minimum absolute atomic E-state index is 0.437. The van der Waals surface area contributed by atoms with Gasteiger partial charge in [-0.2, -0.15) is 0 Å². The van der Waals surface area contributed by atoms with Crippen LogP contribution in [0.15, 0.2) is 18.3 Å². The van der Waals surface area contributed by atoms with Gasteiger partial charge in [-0.3, -0.25) is 4.98 Å². The Bertz CT molecular complexity index is 390. The van der Waals surface area contributed by atoms with Gasteiger partial charge in [0.25, 0.3) is 0 Å². The zero-order valence-corrected chi connectivity index (χ0v) is 12.3. The third kappa shape index (κ3) is 3.27. The summed E-state index contributed by atoms with van der Waals surface area (Å²) in [6, 6.07) is 4.66. The van der Waals surface area contributed by atoms with E-state index in [-0.39, 0.29) is 0 Å². The summed E-state index contributed by atoms with van der Waals surface area (Å²) >= 11 is 0. The van der Waals surface area contributed by atoms with Crippen molar-refractivity contribution < 1.29 is 5.11 Å². The lowest BCUT2D eigenvalue weighted by Crippen LogP contribution is -2.39. The Labute approximate surface area is 116 Å². The monoisotopic (exact) mass is 262 g/mol. The molecule has 1 fully saturated rings. The lowest BCUT2D eigenvalue weighted by atomic mass is 9.85. The first-order valence-electron chi connectivity index (χ1n) is 7.50. The van der Waals surface area contributed by atoms with Gasteiger partial charge in [0.1, 0.15) is 0 Å². The minimum Gasteiger partial charge on any atom is -0.387 e. The van der Waals surface area contributed by atoms with Gasteiger partial charge in [0.2, 0.25) is 0 Å². The second kappa shape index (κ2) is 6.38. The van der Waals surface area contributed by atoms with Crippen molar-refractivity contribution in [3.63, 3.8) is 0 Å². The summed E-state index contributed by atoms with van der Waals surface area (Å²) < 4.78 is 0. The maximum absolute atomic E-state index is 9.77. The van der Waals surface area contributed by atoms with E-state index in [9.17, 15) is 5.11 Å². The molecule has 3 nitrogen and oxygen atoms in total. The Kier molecular flexibility index (Phi) is 4.81. The molecule has 3 heteroatoms. The second-order valence-electron chi connectivity index (χ2n) is 5.81. The van der Waals surface area contributed by atoms with Gasteiger partial charge in [-0.1, -0.05) is 26.7 Å². The molecule has 2 unspecified atom stereocenters. The zero-order chi connectivity index (χ0) is 13.8. The van der Waals surface area contributed by atoms with Crippen molar-refractivity contribution in [1.29, 1.82) is 0 Å². The highest BCUT2D eigenvalue weighted by Gasteiger charge is 2.25. The molecule has 0 aliphatic heterocycles. The molecular weight excluding hydrogens is 236 g/mol. The van der Waals surface area contributed by atoms with Crippen LogP contribution in [0.3, 0.4) is 0 Å². The van der Waals surface area contributed by atoms with Gasteiger partial charge in [0.15, 0.2) is 0 Å². The van der Waals surface area contributed by atoms with Crippen LogP contribution in [-0.2, 0) is 0 Å². The molecule has 1 aliphatic rings. The summed E-state index contributed by atoms with van der Waals surface area (Å²) in [6.07, 6.45) is 7.47.